The Labute approximate surface area is 158 Å². The van der Waals surface area contributed by atoms with Gasteiger partial charge in [-0.3, -0.25) is 14.7 Å². The van der Waals surface area contributed by atoms with Gasteiger partial charge in [0.1, 0.15) is 5.82 Å². The average Bonchev–Trinajstić information content (AvgIpc) is 3.10. The van der Waals surface area contributed by atoms with Crippen molar-refractivity contribution in [2.45, 2.75) is 17.3 Å². The van der Waals surface area contributed by atoms with Crippen molar-refractivity contribution >= 4 is 29.3 Å². The Bertz CT molecular complexity index is 974. The van der Waals surface area contributed by atoms with Crippen LogP contribution in [0.1, 0.15) is 17.3 Å². The number of halogens is 1. The van der Waals surface area contributed by atoms with Crippen molar-refractivity contribution in [2.24, 2.45) is 5.73 Å². The zero-order chi connectivity index (χ0) is 19.4. The highest BCUT2D eigenvalue weighted by molar-refractivity contribution is 8.00. The van der Waals surface area contributed by atoms with E-state index in [0.717, 1.165) is 11.8 Å². The van der Waals surface area contributed by atoms with E-state index in [1.54, 1.807) is 37.3 Å². The van der Waals surface area contributed by atoms with Gasteiger partial charge >= 0.3 is 0 Å². The predicted molar refractivity (Wildman–Crippen MR) is 101 cm³/mol. The van der Waals surface area contributed by atoms with Gasteiger partial charge in [-0.2, -0.15) is 0 Å². The summed E-state index contributed by atoms with van der Waals surface area (Å²) in [7, 11) is 0. The van der Waals surface area contributed by atoms with Gasteiger partial charge in [0.15, 0.2) is 5.82 Å². The third-order valence-electron chi connectivity index (χ3n) is 3.68. The summed E-state index contributed by atoms with van der Waals surface area (Å²) < 4.78 is 13.8. The van der Waals surface area contributed by atoms with Crippen LogP contribution in [-0.2, 0) is 4.79 Å². The number of nitrogens with zero attached hydrogens (tertiary/aromatic N) is 2. The van der Waals surface area contributed by atoms with E-state index in [2.05, 4.69) is 20.5 Å². The fourth-order valence-corrected chi connectivity index (χ4v) is 2.97. The van der Waals surface area contributed by atoms with E-state index in [0.29, 0.717) is 27.8 Å². The summed E-state index contributed by atoms with van der Waals surface area (Å²) >= 11 is 1.14. The number of carbonyl (C=O) groups is 2. The molecule has 1 heterocycles. The van der Waals surface area contributed by atoms with E-state index in [4.69, 9.17) is 5.73 Å². The van der Waals surface area contributed by atoms with E-state index >= 15 is 0 Å². The van der Waals surface area contributed by atoms with Crippen LogP contribution in [0.25, 0.3) is 11.4 Å². The van der Waals surface area contributed by atoms with Crippen molar-refractivity contribution in [3.63, 3.8) is 0 Å². The number of thioether (sulfide) groups is 1. The van der Waals surface area contributed by atoms with Crippen molar-refractivity contribution < 1.29 is 14.0 Å². The van der Waals surface area contributed by atoms with Gasteiger partial charge < -0.3 is 11.1 Å². The maximum atomic E-state index is 13.8. The largest absolute Gasteiger partial charge is 0.366 e. The van der Waals surface area contributed by atoms with Gasteiger partial charge in [-0.25, -0.2) is 9.37 Å². The molecular weight excluding hydrogens is 369 g/mol. The SMILES string of the molecule is C[C@@H](Sc1n[nH]c(-c2ccccc2F)n1)C(=O)Nc1ccc(C(N)=O)cc1. The molecule has 0 aliphatic rings. The third-order valence-corrected chi connectivity index (χ3v) is 4.64. The van der Waals surface area contributed by atoms with Crippen LogP contribution < -0.4 is 11.1 Å². The minimum Gasteiger partial charge on any atom is -0.366 e. The summed E-state index contributed by atoms with van der Waals surface area (Å²) in [4.78, 5) is 27.6. The summed E-state index contributed by atoms with van der Waals surface area (Å²) in [5.41, 5.74) is 6.39. The first-order chi connectivity index (χ1) is 12.9. The first-order valence-corrected chi connectivity index (χ1v) is 8.86. The Morgan fingerprint density at radius 3 is 2.56 bits per heavy atom. The lowest BCUT2D eigenvalue weighted by molar-refractivity contribution is -0.115. The van der Waals surface area contributed by atoms with Gasteiger partial charge in [0.2, 0.25) is 17.0 Å². The number of hydrogen-bond donors (Lipinski definition) is 3. The lowest BCUT2D eigenvalue weighted by atomic mass is 10.2. The highest BCUT2D eigenvalue weighted by Crippen LogP contribution is 2.24. The Hall–Kier alpha value is -3.20. The Kier molecular flexibility index (Phi) is 5.51. The number of amides is 2. The first kappa shape index (κ1) is 18.6. The fraction of sp³-hybridized carbons (Fsp3) is 0.111. The summed E-state index contributed by atoms with van der Waals surface area (Å²) in [5, 5.41) is 9.28. The van der Waals surface area contributed by atoms with Crippen LogP contribution in [0.4, 0.5) is 10.1 Å². The molecule has 1 aromatic heterocycles. The molecular formula is C18H16FN5O2S. The van der Waals surface area contributed by atoms with Crippen LogP contribution in [0.5, 0.6) is 0 Å². The van der Waals surface area contributed by atoms with E-state index in [9.17, 15) is 14.0 Å². The molecule has 7 nitrogen and oxygen atoms in total. The second-order valence-corrected chi connectivity index (χ2v) is 6.95. The third kappa shape index (κ3) is 4.50. The number of H-pyrrole nitrogens is 1. The molecule has 0 bridgehead atoms. The summed E-state index contributed by atoms with van der Waals surface area (Å²) in [6.07, 6.45) is 0. The number of nitrogens with one attached hydrogen (secondary N) is 2. The van der Waals surface area contributed by atoms with E-state index in [1.807, 2.05) is 0 Å². The van der Waals surface area contributed by atoms with Crippen molar-refractivity contribution in [3.05, 3.63) is 59.9 Å². The second kappa shape index (κ2) is 8.00. The molecule has 0 fully saturated rings. The maximum Gasteiger partial charge on any atom is 0.248 e. The minimum absolute atomic E-state index is 0.260. The quantitative estimate of drug-likeness (QED) is 0.565. The Morgan fingerprint density at radius 1 is 1.19 bits per heavy atom. The molecule has 0 unspecified atom stereocenters. The summed E-state index contributed by atoms with van der Waals surface area (Å²) in [6, 6.07) is 12.5. The van der Waals surface area contributed by atoms with Crippen LogP contribution in [0.2, 0.25) is 0 Å². The van der Waals surface area contributed by atoms with Gasteiger partial charge in [0.05, 0.1) is 10.8 Å². The molecule has 0 spiro atoms. The van der Waals surface area contributed by atoms with Crippen LogP contribution in [0, 0.1) is 5.82 Å². The lowest BCUT2D eigenvalue weighted by Gasteiger charge is -2.10. The van der Waals surface area contributed by atoms with E-state index < -0.39 is 17.0 Å². The van der Waals surface area contributed by atoms with Crippen LogP contribution in [0.3, 0.4) is 0 Å². The monoisotopic (exact) mass is 385 g/mol. The maximum absolute atomic E-state index is 13.8. The number of aromatic amines is 1. The highest BCUT2D eigenvalue weighted by Gasteiger charge is 2.18. The molecule has 0 saturated carbocycles. The molecule has 138 valence electrons. The molecule has 27 heavy (non-hydrogen) atoms. The standard InChI is InChI=1S/C18H16FN5O2S/c1-10(17(26)21-12-8-6-11(7-9-12)15(20)25)27-18-22-16(23-24-18)13-4-2-3-5-14(13)19/h2-10H,1H3,(H2,20,25)(H,21,26)(H,22,23,24)/t10-/m1/s1. The first-order valence-electron chi connectivity index (χ1n) is 7.98. The molecule has 2 aromatic carbocycles. The van der Waals surface area contributed by atoms with Crippen LogP contribution >= 0.6 is 11.8 Å². The van der Waals surface area contributed by atoms with E-state index in [1.165, 1.54) is 18.2 Å². The Balaban J connectivity index is 1.63. The highest BCUT2D eigenvalue weighted by atomic mass is 32.2. The number of anilines is 1. The molecule has 3 rings (SSSR count). The minimum atomic E-state index is -0.535. The van der Waals surface area contributed by atoms with Gasteiger partial charge in [-0.1, -0.05) is 23.9 Å². The zero-order valence-corrected chi connectivity index (χ0v) is 15.1. The average molecular weight is 385 g/mol. The number of carbonyl (C=O) groups excluding carboxylic acids is 2. The van der Waals surface area contributed by atoms with E-state index in [-0.39, 0.29) is 5.91 Å². The predicted octanol–water partition coefficient (Wildman–Crippen LogP) is 2.83. The molecule has 9 heteroatoms. The summed E-state index contributed by atoms with van der Waals surface area (Å²) in [5.74, 6) is -0.906. The second-order valence-electron chi connectivity index (χ2n) is 5.64. The normalized spacial score (nSPS) is 11.8. The van der Waals surface area contributed by atoms with Crippen LogP contribution in [-0.4, -0.2) is 32.2 Å². The van der Waals surface area contributed by atoms with Crippen molar-refractivity contribution in [2.75, 3.05) is 5.32 Å². The van der Waals surface area contributed by atoms with Gasteiger partial charge in [-0.15, -0.1) is 5.10 Å². The molecule has 0 aliphatic heterocycles. The van der Waals surface area contributed by atoms with Gasteiger partial charge in [0, 0.05) is 11.3 Å². The zero-order valence-electron chi connectivity index (χ0n) is 14.3. The molecule has 0 saturated heterocycles. The summed E-state index contributed by atoms with van der Waals surface area (Å²) in [6.45, 7) is 1.71. The fourth-order valence-electron chi connectivity index (χ4n) is 2.25. The number of primary amides is 1. The molecule has 2 amide bonds. The molecule has 0 aliphatic carbocycles. The number of benzene rings is 2. The number of rotatable bonds is 6. The lowest BCUT2D eigenvalue weighted by Crippen LogP contribution is -2.22. The number of hydrogen-bond acceptors (Lipinski definition) is 5. The topological polar surface area (TPSA) is 114 Å². The van der Waals surface area contributed by atoms with Gasteiger partial charge in [0.25, 0.3) is 0 Å². The Morgan fingerprint density at radius 2 is 1.89 bits per heavy atom. The van der Waals surface area contributed by atoms with Crippen molar-refractivity contribution in [1.82, 2.24) is 15.2 Å². The van der Waals surface area contributed by atoms with Crippen molar-refractivity contribution in [3.8, 4) is 11.4 Å². The molecule has 3 aromatic rings. The number of aromatic nitrogens is 3. The smallest absolute Gasteiger partial charge is 0.248 e. The molecule has 0 radical (unpaired) electrons. The number of nitrogens with two attached hydrogens (primary N) is 1. The van der Waals surface area contributed by atoms with Gasteiger partial charge in [-0.05, 0) is 43.3 Å². The van der Waals surface area contributed by atoms with Crippen LogP contribution in [0.15, 0.2) is 53.7 Å². The molecule has 4 N–H and O–H groups in total. The molecule has 1 atom stereocenters. The van der Waals surface area contributed by atoms with Crippen molar-refractivity contribution in [1.29, 1.82) is 0 Å².